The van der Waals surface area contributed by atoms with Crippen LogP contribution in [0.1, 0.15) is 16.7 Å². The topological polar surface area (TPSA) is 60.2 Å². The average molecular weight is 405 g/mol. The van der Waals surface area contributed by atoms with Crippen molar-refractivity contribution in [3.05, 3.63) is 77.4 Å². The molecule has 0 aromatic heterocycles. The van der Waals surface area contributed by atoms with Crippen molar-refractivity contribution in [2.75, 3.05) is 0 Å². The number of hydrogen-bond donors (Lipinski definition) is 1. The second-order valence-electron chi connectivity index (χ2n) is 6.60. The van der Waals surface area contributed by atoms with Gasteiger partial charge in [-0.05, 0) is 59.4 Å². The molecule has 0 aliphatic heterocycles. The number of aryl methyl sites for hydroxylation is 2. The highest BCUT2D eigenvalue weighted by Gasteiger charge is 2.34. The molecule has 0 amide bonds. The van der Waals surface area contributed by atoms with E-state index in [4.69, 9.17) is 5.14 Å². The molecular weight excluding hydrogens is 387 g/mol. The third-order valence-corrected chi connectivity index (χ3v) is 5.48. The highest BCUT2D eigenvalue weighted by molar-refractivity contribution is 7.89. The first-order chi connectivity index (χ1) is 13.0. The smallest absolute Gasteiger partial charge is 0.225 e. The maximum absolute atomic E-state index is 13.3. The number of sulfonamides is 1. The fraction of sp³-hybridized carbons (Fsp3) is 0.143. The Bertz CT molecular complexity index is 1110. The van der Waals surface area contributed by atoms with Crippen molar-refractivity contribution >= 4 is 10.0 Å². The number of alkyl halides is 3. The zero-order chi connectivity index (χ0) is 20.7. The van der Waals surface area contributed by atoms with Crippen LogP contribution in [0.3, 0.4) is 0 Å². The summed E-state index contributed by atoms with van der Waals surface area (Å²) in [5, 5.41) is 5.13. The molecule has 0 saturated heterocycles. The first kappa shape index (κ1) is 20.1. The summed E-state index contributed by atoms with van der Waals surface area (Å²) in [6, 6.07) is 16.4. The van der Waals surface area contributed by atoms with Crippen LogP contribution in [0.15, 0.2) is 65.6 Å². The van der Waals surface area contributed by atoms with Crippen molar-refractivity contribution in [1.29, 1.82) is 0 Å². The van der Waals surface area contributed by atoms with Gasteiger partial charge in [0, 0.05) is 0 Å². The van der Waals surface area contributed by atoms with E-state index in [1.807, 2.05) is 18.2 Å². The monoisotopic (exact) mass is 405 g/mol. The van der Waals surface area contributed by atoms with Gasteiger partial charge in [0.1, 0.15) is 0 Å². The van der Waals surface area contributed by atoms with Gasteiger partial charge in [-0.25, -0.2) is 13.6 Å². The first-order valence-corrected chi connectivity index (χ1v) is 9.94. The lowest BCUT2D eigenvalue weighted by Gasteiger charge is -2.17. The van der Waals surface area contributed by atoms with E-state index in [0.717, 1.165) is 16.7 Å². The van der Waals surface area contributed by atoms with Crippen molar-refractivity contribution in [2.24, 2.45) is 5.14 Å². The van der Waals surface area contributed by atoms with Crippen LogP contribution in [-0.4, -0.2) is 8.42 Å². The Hall–Kier alpha value is -2.64. The number of nitrogens with two attached hydrogens (primary N) is 1. The van der Waals surface area contributed by atoms with Crippen LogP contribution in [0, 0.1) is 13.8 Å². The van der Waals surface area contributed by atoms with Gasteiger partial charge in [0.2, 0.25) is 10.0 Å². The van der Waals surface area contributed by atoms with Crippen LogP contribution < -0.4 is 5.14 Å². The van der Waals surface area contributed by atoms with Crippen LogP contribution in [0.2, 0.25) is 0 Å². The Balaban J connectivity index is 2.14. The van der Waals surface area contributed by atoms with E-state index in [0.29, 0.717) is 5.56 Å². The van der Waals surface area contributed by atoms with E-state index in [1.165, 1.54) is 38.1 Å². The van der Waals surface area contributed by atoms with Crippen molar-refractivity contribution in [1.82, 2.24) is 0 Å². The molecule has 146 valence electrons. The van der Waals surface area contributed by atoms with Gasteiger partial charge in [0.15, 0.2) is 0 Å². The second kappa shape index (κ2) is 7.07. The molecule has 0 unspecified atom stereocenters. The van der Waals surface area contributed by atoms with Crippen LogP contribution in [0.4, 0.5) is 13.2 Å². The minimum absolute atomic E-state index is 0.00468. The van der Waals surface area contributed by atoms with E-state index >= 15 is 0 Å². The maximum Gasteiger partial charge on any atom is 0.416 e. The lowest BCUT2D eigenvalue weighted by Crippen LogP contribution is -2.11. The van der Waals surface area contributed by atoms with Crippen LogP contribution in [0.5, 0.6) is 0 Å². The lowest BCUT2D eigenvalue weighted by atomic mass is 9.90. The van der Waals surface area contributed by atoms with Gasteiger partial charge in [-0.2, -0.15) is 13.2 Å². The predicted molar refractivity (Wildman–Crippen MR) is 103 cm³/mol. The summed E-state index contributed by atoms with van der Waals surface area (Å²) in [7, 11) is -3.80. The molecule has 0 radical (unpaired) electrons. The largest absolute Gasteiger partial charge is 0.416 e. The Morgan fingerprint density at radius 2 is 1.25 bits per heavy atom. The molecule has 0 heterocycles. The number of halogens is 3. The second-order valence-corrected chi connectivity index (χ2v) is 8.16. The SMILES string of the molecule is Cc1cc(-c2ccccc2-c2ccc(S(N)(=O)=O)cc2)cc(C)c1C(F)(F)F. The fourth-order valence-electron chi connectivity index (χ4n) is 3.38. The Labute approximate surface area is 161 Å². The Morgan fingerprint density at radius 1 is 0.786 bits per heavy atom. The van der Waals surface area contributed by atoms with Crippen molar-refractivity contribution < 1.29 is 21.6 Å². The van der Waals surface area contributed by atoms with Crippen molar-refractivity contribution in [3.63, 3.8) is 0 Å². The van der Waals surface area contributed by atoms with E-state index < -0.39 is 21.8 Å². The molecule has 3 aromatic carbocycles. The molecule has 3 aromatic rings. The molecule has 3 rings (SSSR count). The molecular formula is C21H18F3NO2S. The van der Waals surface area contributed by atoms with Gasteiger partial charge < -0.3 is 0 Å². The third kappa shape index (κ3) is 3.95. The van der Waals surface area contributed by atoms with Crippen molar-refractivity contribution in [3.8, 4) is 22.3 Å². The normalized spacial score (nSPS) is 12.2. The molecule has 0 spiro atoms. The molecule has 7 heteroatoms. The number of hydrogen-bond acceptors (Lipinski definition) is 2. The average Bonchev–Trinajstić information content (AvgIpc) is 2.59. The predicted octanol–water partition coefficient (Wildman–Crippen LogP) is 5.30. The van der Waals surface area contributed by atoms with Gasteiger partial charge in [-0.1, -0.05) is 48.5 Å². The molecule has 0 bridgehead atoms. The molecule has 0 atom stereocenters. The zero-order valence-electron chi connectivity index (χ0n) is 15.2. The van der Waals surface area contributed by atoms with Gasteiger partial charge in [-0.3, -0.25) is 0 Å². The molecule has 0 aliphatic carbocycles. The summed E-state index contributed by atoms with van der Waals surface area (Å²) in [6.45, 7) is 2.89. The molecule has 0 aliphatic rings. The zero-order valence-corrected chi connectivity index (χ0v) is 16.0. The standard InChI is InChI=1S/C21H18F3NO2S/c1-13-11-16(12-14(2)20(13)21(22,23)24)19-6-4-3-5-18(19)15-7-9-17(10-8-15)28(25,26)27/h3-12H,1-2H3,(H2,25,26,27). The highest BCUT2D eigenvalue weighted by Crippen LogP contribution is 2.39. The first-order valence-electron chi connectivity index (χ1n) is 8.39. The third-order valence-electron chi connectivity index (χ3n) is 4.55. The van der Waals surface area contributed by atoms with E-state index in [-0.39, 0.29) is 16.0 Å². The minimum atomic E-state index is -4.41. The molecule has 3 nitrogen and oxygen atoms in total. The van der Waals surface area contributed by atoms with E-state index in [2.05, 4.69) is 0 Å². The summed E-state index contributed by atoms with van der Waals surface area (Å²) in [4.78, 5) is -0.00468. The summed E-state index contributed by atoms with van der Waals surface area (Å²) < 4.78 is 62.7. The molecule has 0 saturated carbocycles. The van der Waals surface area contributed by atoms with Gasteiger partial charge in [0.05, 0.1) is 10.5 Å². The quantitative estimate of drug-likeness (QED) is 0.642. The summed E-state index contributed by atoms with van der Waals surface area (Å²) in [5.74, 6) is 0. The van der Waals surface area contributed by atoms with E-state index in [9.17, 15) is 21.6 Å². The summed E-state index contributed by atoms with van der Waals surface area (Å²) in [5.41, 5.74) is 2.62. The Kier molecular flexibility index (Phi) is 5.08. The van der Waals surface area contributed by atoms with Crippen LogP contribution >= 0.6 is 0 Å². The molecule has 28 heavy (non-hydrogen) atoms. The summed E-state index contributed by atoms with van der Waals surface area (Å²) >= 11 is 0. The fourth-order valence-corrected chi connectivity index (χ4v) is 3.89. The van der Waals surface area contributed by atoms with Gasteiger partial charge in [-0.15, -0.1) is 0 Å². The number of benzene rings is 3. The van der Waals surface area contributed by atoms with Crippen LogP contribution in [0.25, 0.3) is 22.3 Å². The number of rotatable bonds is 3. The van der Waals surface area contributed by atoms with Crippen molar-refractivity contribution in [2.45, 2.75) is 24.9 Å². The van der Waals surface area contributed by atoms with Gasteiger partial charge in [0.25, 0.3) is 0 Å². The molecule has 2 N–H and O–H groups in total. The minimum Gasteiger partial charge on any atom is -0.225 e. The summed E-state index contributed by atoms with van der Waals surface area (Å²) in [6.07, 6.45) is -4.41. The van der Waals surface area contributed by atoms with Crippen LogP contribution in [-0.2, 0) is 16.2 Å². The maximum atomic E-state index is 13.3. The van der Waals surface area contributed by atoms with Gasteiger partial charge >= 0.3 is 6.18 Å². The highest BCUT2D eigenvalue weighted by atomic mass is 32.2. The lowest BCUT2D eigenvalue weighted by molar-refractivity contribution is -0.138. The molecule has 0 fully saturated rings. The van der Waals surface area contributed by atoms with E-state index in [1.54, 1.807) is 18.2 Å². The number of primary sulfonamides is 1. The Morgan fingerprint density at radius 3 is 1.68 bits per heavy atom.